The predicted octanol–water partition coefficient (Wildman–Crippen LogP) is 5.90. The lowest BCUT2D eigenvalue weighted by molar-refractivity contribution is -0.192. The lowest BCUT2D eigenvalue weighted by Crippen LogP contribution is -2.42. The number of hydrogen-bond acceptors (Lipinski definition) is 9. The number of fused-ring (bicyclic) bond motifs is 2. The molecule has 2 aliphatic heterocycles. The Balaban J connectivity index is 0.000000582. The minimum Gasteiger partial charge on any atom is -0.475 e. The average molecular weight is 729 g/mol. The largest absolute Gasteiger partial charge is 0.490 e. The fourth-order valence-electron chi connectivity index (χ4n) is 5.43. The van der Waals surface area contributed by atoms with Crippen LogP contribution in [0.5, 0.6) is 0 Å². The van der Waals surface area contributed by atoms with Gasteiger partial charge in [0.15, 0.2) is 5.82 Å². The summed E-state index contributed by atoms with van der Waals surface area (Å²) in [7, 11) is 0. The molecule has 0 bridgehead atoms. The summed E-state index contributed by atoms with van der Waals surface area (Å²) in [6.45, 7) is 2.97. The van der Waals surface area contributed by atoms with Crippen LogP contribution in [0.25, 0.3) is 21.1 Å². The number of benzene rings is 2. The van der Waals surface area contributed by atoms with E-state index in [1.54, 1.807) is 4.90 Å². The molecule has 0 aliphatic carbocycles. The first kappa shape index (κ1) is 35.5. The summed E-state index contributed by atoms with van der Waals surface area (Å²) in [5.74, 6) is 3.53. The number of rotatable bonds is 5. The molecule has 3 N–H and O–H groups in total. The number of ether oxygens (including phenoxy) is 2. The number of carbonyl (C=O) groups is 2. The maximum absolute atomic E-state index is 14.2. The van der Waals surface area contributed by atoms with Crippen LogP contribution in [0.2, 0.25) is 0 Å². The number of nitrogens with one attached hydrogen (secondary N) is 2. The highest BCUT2D eigenvalue weighted by atomic mass is 32.1. The van der Waals surface area contributed by atoms with Crippen molar-refractivity contribution in [1.82, 2.24) is 24.8 Å². The van der Waals surface area contributed by atoms with Gasteiger partial charge >= 0.3 is 18.2 Å². The zero-order chi connectivity index (χ0) is 36.1. The Bertz CT molecular complexity index is 2120. The van der Waals surface area contributed by atoms with Gasteiger partial charge in [-0.05, 0) is 48.5 Å². The monoisotopic (exact) mass is 728 g/mol. The van der Waals surface area contributed by atoms with Gasteiger partial charge in [0.2, 0.25) is 0 Å². The summed E-state index contributed by atoms with van der Waals surface area (Å²) >= 11 is 1.51. The lowest BCUT2D eigenvalue weighted by atomic mass is 10.2. The van der Waals surface area contributed by atoms with E-state index in [0.29, 0.717) is 50.7 Å². The lowest BCUT2D eigenvalue weighted by Gasteiger charge is -2.27. The highest BCUT2D eigenvalue weighted by Crippen LogP contribution is 2.32. The minimum absolute atomic E-state index is 0.0807. The maximum Gasteiger partial charge on any atom is 0.490 e. The topological polar surface area (TPSA) is 131 Å². The van der Waals surface area contributed by atoms with Crippen LogP contribution in [0.4, 0.5) is 38.3 Å². The number of carboxylic acids is 1. The van der Waals surface area contributed by atoms with Crippen molar-refractivity contribution in [3.8, 4) is 11.8 Å². The van der Waals surface area contributed by atoms with E-state index < -0.39 is 23.8 Å². The first-order chi connectivity index (χ1) is 24.4. The standard InChI is InChI=1S/C32H28F2N6O3S.C2HF3O2/c33-22-1-5-27(34)21(13-22)18-40-8-7-20-14-24(3-6-29(20)40)38-31-30-28(36-19-37-31)16-26(44-30)4-2-23-15-25(17-35-23)43-32(41)39-9-11-42-12-10-39;3-2(4,5)1(6)7/h1,3,5-8,13-14,16,19,23,25,35H,9-12,15,17-18H2,(H,36,37,38);(H,6,7)/t23-,25-;/m1./s1. The number of hydrogen-bond donors (Lipinski definition) is 3. The molecule has 0 unspecified atom stereocenters. The third-order valence-electron chi connectivity index (χ3n) is 7.93. The van der Waals surface area contributed by atoms with Gasteiger partial charge in [0, 0.05) is 54.4 Å². The molecular formula is C34H29F5N6O5S. The second kappa shape index (κ2) is 15.3. The normalized spacial score (nSPS) is 17.4. The summed E-state index contributed by atoms with van der Waals surface area (Å²) < 4.78 is 73.3. The van der Waals surface area contributed by atoms with Crippen molar-refractivity contribution in [1.29, 1.82) is 0 Å². The number of thiophene rings is 1. The molecule has 17 heteroatoms. The van der Waals surface area contributed by atoms with E-state index in [4.69, 9.17) is 19.4 Å². The molecule has 2 aliphatic rings. The van der Waals surface area contributed by atoms with Crippen LogP contribution in [-0.4, -0.2) is 87.8 Å². The van der Waals surface area contributed by atoms with E-state index in [9.17, 15) is 26.7 Å². The molecule has 266 valence electrons. The van der Waals surface area contributed by atoms with Gasteiger partial charge in [0.1, 0.15) is 24.1 Å². The highest BCUT2D eigenvalue weighted by Gasteiger charge is 2.38. The van der Waals surface area contributed by atoms with E-state index in [2.05, 4.69) is 32.4 Å². The molecule has 5 heterocycles. The third-order valence-corrected chi connectivity index (χ3v) is 8.98. The van der Waals surface area contributed by atoms with Gasteiger partial charge in [-0.2, -0.15) is 13.2 Å². The third kappa shape index (κ3) is 8.89. The summed E-state index contributed by atoms with van der Waals surface area (Å²) in [4.78, 5) is 32.7. The van der Waals surface area contributed by atoms with Crippen molar-refractivity contribution in [2.45, 2.75) is 31.3 Å². The number of nitrogens with zero attached hydrogens (tertiary/aromatic N) is 4. The molecule has 3 aromatic heterocycles. The number of alkyl halides is 3. The SMILES string of the molecule is O=C(O)C(F)(F)F.O=C(O[C@H]1CN[C@H](C#Cc2cc3ncnc(Nc4ccc5c(ccn5Cc5cc(F)ccc5F)c4)c3s2)C1)N1CCOCC1. The quantitative estimate of drug-likeness (QED) is 0.150. The van der Waals surface area contributed by atoms with Gasteiger partial charge < -0.3 is 29.4 Å². The Morgan fingerprint density at radius 1 is 1.10 bits per heavy atom. The molecule has 5 aromatic rings. The van der Waals surface area contributed by atoms with Crippen molar-refractivity contribution in [3.05, 3.63) is 83.1 Å². The van der Waals surface area contributed by atoms with Crippen LogP contribution in [0.3, 0.4) is 0 Å². The molecular weight excluding hydrogens is 699 g/mol. The van der Waals surface area contributed by atoms with Crippen LogP contribution in [0.1, 0.15) is 16.9 Å². The smallest absolute Gasteiger partial charge is 0.475 e. The number of morpholine rings is 1. The van der Waals surface area contributed by atoms with Gasteiger partial charge in [-0.25, -0.2) is 28.3 Å². The molecule has 7 rings (SSSR count). The van der Waals surface area contributed by atoms with E-state index >= 15 is 0 Å². The molecule has 51 heavy (non-hydrogen) atoms. The Labute approximate surface area is 291 Å². The molecule has 0 spiro atoms. The molecule has 2 saturated heterocycles. The maximum atomic E-state index is 14.2. The number of carbonyl (C=O) groups excluding carboxylic acids is 1. The Hall–Kier alpha value is -5.31. The first-order valence-electron chi connectivity index (χ1n) is 15.6. The molecule has 2 atom stereocenters. The van der Waals surface area contributed by atoms with Gasteiger partial charge in [-0.3, -0.25) is 5.32 Å². The molecule has 11 nitrogen and oxygen atoms in total. The van der Waals surface area contributed by atoms with Crippen LogP contribution >= 0.6 is 11.3 Å². The first-order valence-corrected chi connectivity index (χ1v) is 16.4. The number of amides is 1. The van der Waals surface area contributed by atoms with Gasteiger partial charge in [0.05, 0.1) is 40.9 Å². The van der Waals surface area contributed by atoms with E-state index in [1.807, 2.05) is 41.1 Å². The Morgan fingerprint density at radius 3 is 2.65 bits per heavy atom. The predicted molar refractivity (Wildman–Crippen MR) is 178 cm³/mol. The zero-order valence-corrected chi connectivity index (χ0v) is 27.4. The second-order valence-corrected chi connectivity index (χ2v) is 12.6. The van der Waals surface area contributed by atoms with Crippen molar-refractivity contribution >= 4 is 56.0 Å². The van der Waals surface area contributed by atoms with E-state index in [-0.39, 0.29) is 24.8 Å². The summed E-state index contributed by atoms with van der Waals surface area (Å²) in [5, 5.41) is 14.8. The molecule has 2 aromatic carbocycles. The van der Waals surface area contributed by atoms with Gasteiger partial charge in [-0.1, -0.05) is 11.8 Å². The van der Waals surface area contributed by atoms with Crippen LogP contribution in [-0.2, 0) is 20.8 Å². The molecule has 0 radical (unpaired) electrons. The van der Waals surface area contributed by atoms with Crippen LogP contribution in [0, 0.1) is 23.5 Å². The highest BCUT2D eigenvalue weighted by molar-refractivity contribution is 7.20. The number of halogens is 5. The van der Waals surface area contributed by atoms with Crippen LogP contribution < -0.4 is 10.6 Å². The summed E-state index contributed by atoms with van der Waals surface area (Å²) in [6, 6.07) is 13.2. The average Bonchev–Trinajstić information content (AvgIpc) is 3.84. The van der Waals surface area contributed by atoms with Crippen LogP contribution in [0.15, 0.2) is 61.1 Å². The van der Waals surface area contributed by atoms with Crippen molar-refractivity contribution in [2.24, 2.45) is 0 Å². The number of anilines is 2. The number of aromatic nitrogens is 3. The second-order valence-electron chi connectivity index (χ2n) is 11.5. The van der Waals surface area contributed by atoms with Gasteiger partial charge in [-0.15, -0.1) is 11.3 Å². The van der Waals surface area contributed by atoms with E-state index in [1.165, 1.54) is 23.7 Å². The Morgan fingerprint density at radius 2 is 1.88 bits per heavy atom. The number of aliphatic carboxylic acids is 1. The zero-order valence-electron chi connectivity index (χ0n) is 26.5. The number of carboxylic acid groups (broad SMARTS) is 1. The van der Waals surface area contributed by atoms with Crippen molar-refractivity contribution < 1.29 is 46.1 Å². The van der Waals surface area contributed by atoms with Gasteiger partial charge in [0.25, 0.3) is 0 Å². The minimum atomic E-state index is -5.08. The van der Waals surface area contributed by atoms with Crippen molar-refractivity contribution in [2.75, 3.05) is 38.2 Å². The van der Waals surface area contributed by atoms with E-state index in [0.717, 1.165) is 43.8 Å². The summed E-state index contributed by atoms with van der Waals surface area (Å²) in [5.41, 5.74) is 2.82. The fraction of sp³-hybridized carbons (Fsp3) is 0.294. The van der Waals surface area contributed by atoms with Crippen molar-refractivity contribution in [3.63, 3.8) is 0 Å². The Kier molecular flexibility index (Phi) is 10.6. The molecule has 0 saturated carbocycles. The molecule has 1 amide bonds. The fourth-order valence-corrected chi connectivity index (χ4v) is 6.35. The summed E-state index contributed by atoms with van der Waals surface area (Å²) in [6.07, 6.45) is -1.59. The molecule has 2 fully saturated rings.